The van der Waals surface area contributed by atoms with Crippen LogP contribution in [-0.2, 0) is 0 Å². The third-order valence-electron chi connectivity index (χ3n) is 4.44. The van der Waals surface area contributed by atoms with Crippen molar-refractivity contribution in [2.45, 2.75) is 0 Å². The Hall–Kier alpha value is -3.15. The number of quaternary nitrogens is 1. The first kappa shape index (κ1) is 18.2. The van der Waals surface area contributed by atoms with Crippen molar-refractivity contribution in [3.63, 3.8) is 0 Å². The van der Waals surface area contributed by atoms with E-state index in [1.165, 1.54) is 16.2 Å². The number of fused-ring (bicyclic) bond motifs is 2. The van der Waals surface area contributed by atoms with Crippen molar-refractivity contribution < 1.29 is 19.2 Å². The molecule has 1 aliphatic rings. The van der Waals surface area contributed by atoms with E-state index in [9.17, 15) is 4.79 Å². The summed E-state index contributed by atoms with van der Waals surface area (Å²) in [7, 11) is 4.09. The van der Waals surface area contributed by atoms with Crippen molar-refractivity contribution in [3.8, 4) is 17.6 Å². The molecule has 3 aromatic rings. The summed E-state index contributed by atoms with van der Waals surface area (Å²) in [6, 6.07) is 12.5. The molecule has 1 aromatic heterocycles. The first-order valence-corrected chi connectivity index (χ1v) is 9.68. The van der Waals surface area contributed by atoms with Crippen LogP contribution in [0.1, 0.15) is 15.9 Å². The topological polar surface area (TPSA) is 79.9 Å². The summed E-state index contributed by atoms with van der Waals surface area (Å²) in [4.78, 5) is 20.8. The first-order chi connectivity index (χ1) is 13.5. The maximum Gasteiger partial charge on any atom is 0.260 e. The van der Waals surface area contributed by atoms with Gasteiger partial charge < -0.3 is 14.4 Å². The van der Waals surface area contributed by atoms with Gasteiger partial charge in [-0.3, -0.25) is 9.69 Å². The number of nitrogens with zero attached hydrogens (tertiary/aromatic N) is 3. The maximum atomic E-state index is 13.2. The molecule has 0 atom stereocenters. The molecule has 1 N–H and O–H groups in total. The number of likely N-dealkylation sites (N-methyl/N-ethyl adjacent to an activating group) is 1. The average Bonchev–Trinajstić information content (AvgIpc) is 3.31. The van der Waals surface area contributed by atoms with Gasteiger partial charge in [0.15, 0.2) is 16.6 Å². The minimum atomic E-state index is -0.134. The van der Waals surface area contributed by atoms with Gasteiger partial charge in [-0.05, 0) is 24.3 Å². The zero-order valence-electron chi connectivity index (χ0n) is 15.6. The highest BCUT2D eigenvalue weighted by atomic mass is 32.1. The van der Waals surface area contributed by atoms with Gasteiger partial charge in [0.1, 0.15) is 0 Å². The number of thiazole rings is 1. The zero-order chi connectivity index (χ0) is 19.7. The van der Waals surface area contributed by atoms with Gasteiger partial charge in [-0.2, -0.15) is 5.26 Å². The highest BCUT2D eigenvalue weighted by Gasteiger charge is 2.24. The van der Waals surface area contributed by atoms with Gasteiger partial charge in [-0.1, -0.05) is 11.3 Å². The van der Waals surface area contributed by atoms with Gasteiger partial charge in [0.05, 0.1) is 49.0 Å². The lowest BCUT2D eigenvalue weighted by atomic mass is 10.1. The van der Waals surface area contributed by atoms with Crippen LogP contribution in [0.4, 0.5) is 5.13 Å². The largest absolute Gasteiger partial charge is 0.454 e. The Kier molecular flexibility index (Phi) is 4.86. The average molecular weight is 395 g/mol. The lowest BCUT2D eigenvalue weighted by Crippen LogP contribution is -3.06. The smallest absolute Gasteiger partial charge is 0.260 e. The zero-order valence-corrected chi connectivity index (χ0v) is 16.4. The maximum absolute atomic E-state index is 13.2. The summed E-state index contributed by atoms with van der Waals surface area (Å²) < 4.78 is 11.8. The molecule has 0 aliphatic carbocycles. The van der Waals surface area contributed by atoms with Crippen LogP contribution in [0.15, 0.2) is 36.4 Å². The van der Waals surface area contributed by atoms with Crippen molar-refractivity contribution in [3.05, 3.63) is 47.5 Å². The summed E-state index contributed by atoms with van der Waals surface area (Å²) in [5.74, 6) is 1.24. The first-order valence-electron chi connectivity index (χ1n) is 8.86. The lowest BCUT2D eigenvalue weighted by molar-refractivity contribution is -0.856. The molecular weight excluding hydrogens is 376 g/mol. The second kappa shape index (κ2) is 7.46. The van der Waals surface area contributed by atoms with Crippen LogP contribution in [0.25, 0.3) is 10.2 Å². The Balaban J connectivity index is 1.69. The third kappa shape index (κ3) is 3.50. The third-order valence-corrected chi connectivity index (χ3v) is 5.49. The summed E-state index contributed by atoms with van der Waals surface area (Å²) in [5, 5.41) is 9.61. The predicted octanol–water partition coefficient (Wildman–Crippen LogP) is 1.69. The molecule has 0 saturated carbocycles. The Bertz CT molecular complexity index is 1030. The molecular formula is C20H19N4O3S+. The molecule has 8 heteroatoms. The summed E-state index contributed by atoms with van der Waals surface area (Å²) in [6.07, 6.45) is 0. The number of anilines is 1. The molecule has 0 bridgehead atoms. The Morgan fingerprint density at radius 1 is 1.25 bits per heavy atom. The molecule has 0 radical (unpaired) electrons. The highest BCUT2D eigenvalue weighted by Crippen LogP contribution is 2.39. The molecule has 1 amide bonds. The number of ether oxygens (including phenoxy) is 2. The van der Waals surface area contributed by atoms with Crippen molar-refractivity contribution in [2.24, 2.45) is 0 Å². The van der Waals surface area contributed by atoms with E-state index in [1.54, 1.807) is 29.2 Å². The van der Waals surface area contributed by atoms with E-state index in [0.717, 1.165) is 16.8 Å². The van der Waals surface area contributed by atoms with Gasteiger partial charge in [0.25, 0.3) is 5.91 Å². The van der Waals surface area contributed by atoms with Crippen molar-refractivity contribution in [1.82, 2.24) is 4.98 Å². The van der Waals surface area contributed by atoms with Crippen LogP contribution in [0.3, 0.4) is 0 Å². The predicted molar refractivity (Wildman–Crippen MR) is 106 cm³/mol. The molecule has 0 unspecified atom stereocenters. The van der Waals surface area contributed by atoms with Crippen LogP contribution in [0.5, 0.6) is 11.5 Å². The summed E-state index contributed by atoms with van der Waals surface area (Å²) in [5.41, 5.74) is 1.83. The lowest BCUT2D eigenvalue weighted by Gasteiger charge is -2.20. The van der Waals surface area contributed by atoms with Gasteiger partial charge in [-0.25, -0.2) is 4.98 Å². The fourth-order valence-electron chi connectivity index (χ4n) is 2.88. The quantitative estimate of drug-likeness (QED) is 0.711. The number of hydrogen-bond acceptors (Lipinski definition) is 6. The van der Waals surface area contributed by atoms with Crippen LogP contribution in [-0.4, -0.2) is 44.9 Å². The van der Waals surface area contributed by atoms with Crippen LogP contribution in [0, 0.1) is 11.3 Å². The monoisotopic (exact) mass is 395 g/mol. The number of rotatable bonds is 5. The van der Waals surface area contributed by atoms with Gasteiger partial charge in [-0.15, -0.1) is 0 Å². The van der Waals surface area contributed by atoms with Gasteiger partial charge in [0.2, 0.25) is 6.79 Å². The molecule has 0 saturated heterocycles. The molecule has 4 rings (SSSR count). The number of benzene rings is 2. The van der Waals surface area contributed by atoms with E-state index in [2.05, 4.69) is 11.1 Å². The number of aromatic nitrogens is 1. The number of carbonyl (C=O) groups excluding carboxylic acids is 1. The van der Waals surface area contributed by atoms with E-state index in [-0.39, 0.29) is 12.7 Å². The number of nitrogens with one attached hydrogen (secondary N) is 1. The van der Waals surface area contributed by atoms with E-state index in [4.69, 9.17) is 14.7 Å². The Morgan fingerprint density at radius 2 is 1.96 bits per heavy atom. The number of hydrogen-bond donors (Lipinski definition) is 1. The SMILES string of the molecule is C[NH+](C)CCN(C(=O)c1ccc(C#N)cc1)c1nc2cc3c(cc2s1)OCO3. The molecule has 142 valence electrons. The van der Waals surface area contributed by atoms with Gasteiger partial charge in [0, 0.05) is 17.7 Å². The second-order valence-electron chi connectivity index (χ2n) is 6.77. The van der Waals surface area contributed by atoms with E-state index in [1.807, 2.05) is 26.2 Å². The van der Waals surface area contributed by atoms with Crippen LogP contribution in [0.2, 0.25) is 0 Å². The van der Waals surface area contributed by atoms with E-state index in [0.29, 0.717) is 34.3 Å². The summed E-state index contributed by atoms with van der Waals surface area (Å²) >= 11 is 1.45. The molecule has 0 fully saturated rings. The van der Waals surface area contributed by atoms with Crippen molar-refractivity contribution in [2.75, 3.05) is 38.9 Å². The Morgan fingerprint density at radius 3 is 2.64 bits per heavy atom. The number of amides is 1. The molecule has 2 heterocycles. The number of carbonyl (C=O) groups is 1. The molecule has 1 aliphatic heterocycles. The standard InChI is InChI=1S/C20H18N4O3S/c1-23(2)7-8-24(19(25)14-5-3-13(11-21)4-6-14)20-22-15-9-16-17(27-12-26-16)10-18(15)28-20/h3-6,9-10H,7-8,12H2,1-2H3/p+1. The van der Waals surface area contributed by atoms with Crippen molar-refractivity contribution in [1.29, 1.82) is 5.26 Å². The fourth-order valence-corrected chi connectivity index (χ4v) is 3.88. The van der Waals surface area contributed by atoms with Crippen LogP contribution < -0.4 is 19.3 Å². The molecule has 28 heavy (non-hydrogen) atoms. The normalized spacial score (nSPS) is 12.4. The molecule has 2 aromatic carbocycles. The minimum absolute atomic E-state index is 0.134. The van der Waals surface area contributed by atoms with Crippen molar-refractivity contribution >= 4 is 32.6 Å². The summed E-state index contributed by atoms with van der Waals surface area (Å²) in [6.45, 7) is 1.53. The number of nitriles is 1. The van der Waals surface area contributed by atoms with E-state index >= 15 is 0 Å². The Labute approximate surface area is 166 Å². The van der Waals surface area contributed by atoms with E-state index < -0.39 is 0 Å². The van der Waals surface area contributed by atoms with Crippen LogP contribution >= 0.6 is 11.3 Å². The van der Waals surface area contributed by atoms with Gasteiger partial charge >= 0.3 is 0 Å². The minimum Gasteiger partial charge on any atom is -0.454 e. The fraction of sp³-hybridized carbons (Fsp3) is 0.250. The molecule has 0 spiro atoms. The highest BCUT2D eigenvalue weighted by molar-refractivity contribution is 7.22. The second-order valence-corrected chi connectivity index (χ2v) is 7.78. The molecule has 7 nitrogen and oxygen atoms in total.